The number of hydrogen-bond acceptors (Lipinski definition) is 2. The number of benzene rings is 1. The van der Waals surface area contributed by atoms with Gasteiger partial charge in [0.05, 0.1) is 6.61 Å². The van der Waals surface area contributed by atoms with Crippen LogP contribution in [0.15, 0.2) is 43.0 Å². The van der Waals surface area contributed by atoms with Crippen molar-refractivity contribution in [1.29, 1.82) is 0 Å². The fourth-order valence-electron chi connectivity index (χ4n) is 1.96. The third-order valence-electron chi connectivity index (χ3n) is 2.92. The molecule has 3 nitrogen and oxygen atoms in total. The van der Waals surface area contributed by atoms with Gasteiger partial charge in [-0.15, -0.1) is 13.0 Å². The fourth-order valence-corrected chi connectivity index (χ4v) is 1.96. The lowest BCUT2D eigenvalue weighted by Gasteiger charge is -2.43. The molecule has 18 heavy (non-hydrogen) atoms. The maximum atomic E-state index is 11.8. The zero-order valence-corrected chi connectivity index (χ0v) is 10.1. The van der Waals surface area contributed by atoms with Crippen LogP contribution in [0.4, 0.5) is 0 Å². The number of carbonyl (C=O) groups excluding carboxylic acids is 1. The van der Waals surface area contributed by atoms with Gasteiger partial charge in [-0.25, -0.2) is 0 Å². The van der Waals surface area contributed by atoms with E-state index in [1.807, 2.05) is 30.3 Å². The molecule has 2 rings (SSSR count). The van der Waals surface area contributed by atoms with Crippen LogP contribution in [0.3, 0.4) is 0 Å². The van der Waals surface area contributed by atoms with E-state index < -0.39 is 6.10 Å². The zero-order valence-electron chi connectivity index (χ0n) is 10.1. The summed E-state index contributed by atoms with van der Waals surface area (Å²) >= 11 is 0. The summed E-state index contributed by atoms with van der Waals surface area (Å²) < 4.78 is 5.59. The molecule has 0 unspecified atom stereocenters. The number of ether oxygens (including phenoxy) is 1. The number of β-lactam (4-membered cyclic amide) rings is 1. The number of amides is 1. The molecule has 1 heterocycles. The van der Waals surface area contributed by atoms with Crippen LogP contribution in [0.25, 0.3) is 0 Å². The maximum absolute atomic E-state index is 11.8. The van der Waals surface area contributed by atoms with Crippen molar-refractivity contribution in [2.24, 2.45) is 0 Å². The molecule has 1 aliphatic heterocycles. The fraction of sp³-hybridized carbons (Fsp3) is 0.267. The Morgan fingerprint density at radius 3 is 2.78 bits per heavy atom. The molecule has 1 fully saturated rings. The summed E-state index contributed by atoms with van der Waals surface area (Å²) in [5.74, 6) is 2.52. The first-order valence-corrected chi connectivity index (χ1v) is 5.81. The molecule has 0 radical (unpaired) electrons. The van der Waals surface area contributed by atoms with Gasteiger partial charge in [0.25, 0.3) is 5.91 Å². The Balaban J connectivity index is 1.93. The molecular weight excluding hydrogens is 226 g/mol. The van der Waals surface area contributed by atoms with E-state index in [9.17, 15) is 4.79 Å². The van der Waals surface area contributed by atoms with Gasteiger partial charge in [0.1, 0.15) is 6.04 Å². The monoisotopic (exact) mass is 241 g/mol. The van der Waals surface area contributed by atoms with Gasteiger partial charge in [-0.05, 0) is 5.56 Å². The maximum Gasteiger partial charge on any atom is 0.256 e. The zero-order chi connectivity index (χ0) is 13.0. The van der Waals surface area contributed by atoms with Crippen LogP contribution in [-0.4, -0.2) is 29.5 Å². The lowest BCUT2D eigenvalue weighted by atomic mass is 9.98. The molecule has 1 aromatic rings. The van der Waals surface area contributed by atoms with E-state index in [-0.39, 0.29) is 11.9 Å². The number of likely N-dealkylation sites (tertiary alicyclic amines) is 1. The highest BCUT2D eigenvalue weighted by atomic mass is 16.5. The average Bonchev–Trinajstić information content (AvgIpc) is 2.42. The van der Waals surface area contributed by atoms with Crippen LogP contribution in [0.5, 0.6) is 0 Å². The first-order valence-electron chi connectivity index (χ1n) is 5.81. The topological polar surface area (TPSA) is 29.5 Å². The summed E-state index contributed by atoms with van der Waals surface area (Å²) in [4.78, 5) is 13.4. The molecule has 92 valence electrons. The smallest absolute Gasteiger partial charge is 0.256 e. The highest BCUT2D eigenvalue weighted by molar-refractivity contribution is 5.89. The van der Waals surface area contributed by atoms with Gasteiger partial charge in [-0.2, -0.15) is 0 Å². The van der Waals surface area contributed by atoms with Crippen LogP contribution in [0, 0.1) is 12.3 Å². The highest BCUT2D eigenvalue weighted by Crippen LogP contribution is 2.23. The molecule has 0 bridgehead atoms. The van der Waals surface area contributed by atoms with Crippen molar-refractivity contribution >= 4 is 5.91 Å². The minimum atomic E-state index is -0.518. The van der Waals surface area contributed by atoms with Crippen molar-refractivity contribution in [3.8, 4) is 12.3 Å². The Labute approximate surface area is 107 Å². The van der Waals surface area contributed by atoms with Crippen molar-refractivity contribution in [1.82, 2.24) is 4.90 Å². The number of terminal acetylenes is 1. The van der Waals surface area contributed by atoms with Gasteiger partial charge in [0.2, 0.25) is 0 Å². The molecule has 2 atom stereocenters. The van der Waals surface area contributed by atoms with Crippen molar-refractivity contribution in [2.75, 3.05) is 6.54 Å². The molecule has 1 aliphatic rings. The van der Waals surface area contributed by atoms with E-state index >= 15 is 0 Å². The summed E-state index contributed by atoms with van der Waals surface area (Å²) in [5, 5.41) is 0. The quantitative estimate of drug-likeness (QED) is 0.445. The Morgan fingerprint density at radius 1 is 1.44 bits per heavy atom. The van der Waals surface area contributed by atoms with Crippen molar-refractivity contribution in [3.05, 3.63) is 48.6 Å². The van der Waals surface area contributed by atoms with Gasteiger partial charge < -0.3 is 9.64 Å². The van der Waals surface area contributed by atoms with Gasteiger partial charge in [0.15, 0.2) is 6.10 Å². The number of rotatable bonds is 5. The van der Waals surface area contributed by atoms with Gasteiger partial charge in [-0.3, -0.25) is 4.79 Å². The van der Waals surface area contributed by atoms with E-state index in [1.54, 1.807) is 11.0 Å². The van der Waals surface area contributed by atoms with E-state index in [2.05, 4.69) is 12.5 Å². The SMILES string of the molecule is C#C[C@H]1[C@@H](OCc2ccccc2)C(=O)N1CC=C. The molecule has 3 heteroatoms. The van der Waals surface area contributed by atoms with E-state index in [0.717, 1.165) is 5.56 Å². The Hall–Kier alpha value is -2.05. The second-order valence-corrected chi connectivity index (χ2v) is 4.11. The normalized spacial score (nSPS) is 22.2. The largest absolute Gasteiger partial charge is 0.360 e. The lowest BCUT2D eigenvalue weighted by Crippen LogP contribution is -2.64. The number of carbonyl (C=O) groups is 1. The van der Waals surface area contributed by atoms with E-state index in [1.165, 1.54) is 0 Å². The Bertz CT molecular complexity index is 475. The summed E-state index contributed by atoms with van der Waals surface area (Å²) in [6.07, 6.45) is 6.56. The molecule has 1 amide bonds. The Kier molecular flexibility index (Phi) is 3.81. The van der Waals surface area contributed by atoms with E-state index in [4.69, 9.17) is 11.2 Å². The van der Waals surface area contributed by atoms with Crippen LogP contribution in [0.1, 0.15) is 5.56 Å². The van der Waals surface area contributed by atoms with Crippen molar-refractivity contribution < 1.29 is 9.53 Å². The van der Waals surface area contributed by atoms with Crippen molar-refractivity contribution in [2.45, 2.75) is 18.8 Å². The summed E-state index contributed by atoms with van der Waals surface area (Å²) in [7, 11) is 0. The highest BCUT2D eigenvalue weighted by Gasteiger charge is 2.46. The molecule has 0 aliphatic carbocycles. The predicted octanol–water partition coefficient (Wildman–Crippen LogP) is 1.60. The first kappa shape index (κ1) is 12.4. The molecular formula is C15H15NO2. The standard InChI is InChI=1S/C15H15NO2/c1-3-10-16-13(4-2)14(15(16)17)18-11-12-8-6-5-7-9-12/h2-3,5-9,13-14H,1,10-11H2/t13-,14+/m0/s1. The molecule has 0 spiro atoms. The second kappa shape index (κ2) is 5.52. The van der Waals surface area contributed by atoms with Gasteiger partial charge in [-0.1, -0.05) is 42.3 Å². The lowest BCUT2D eigenvalue weighted by molar-refractivity contribution is -0.168. The minimum Gasteiger partial charge on any atom is -0.360 e. The predicted molar refractivity (Wildman–Crippen MR) is 69.6 cm³/mol. The summed E-state index contributed by atoms with van der Waals surface area (Å²) in [6, 6.07) is 9.44. The average molecular weight is 241 g/mol. The Morgan fingerprint density at radius 2 is 2.17 bits per heavy atom. The van der Waals surface area contributed by atoms with Gasteiger partial charge in [0, 0.05) is 6.54 Å². The molecule has 1 saturated heterocycles. The van der Waals surface area contributed by atoms with Crippen LogP contribution < -0.4 is 0 Å². The third-order valence-corrected chi connectivity index (χ3v) is 2.92. The molecule has 0 saturated carbocycles. The molecule has 0 aromatic heterocycles. The van der Waals surface area contributed by atoms with Crippen LogP contribution >= 0.6 is 0 Å². The molecule has 1 aromatic carbocycles. The summed E-state index contributed by atoms with van der Waals surface area (Å²) in [6.45, 7) is 4.47. The van der Waals surface area contributed by atoms with Crippen molar-refractivity contribution in [3.63, 3.8) is 0 Å². The summed E-state index contributed by atoms with van der Waals surface area (Å²) in [5.41, 5.74) is 1.03. The minimum absolute atomic E-state index is 0.0613. The first-order chi connectivity index (χ1) is 8.77. The van der Waals surface area contributed by atoms with Crippen LogP contribution in [0.2, 0.25) is 0 Å². The van der Waals surface area contributed by atoms with E-state index in [0.29, 0.717) is 13.2 Å². The number of nitrogens with zero attached hydrogens (tertiary/aromatic N) is 1. The molecule has 0 N–H and O–H groups in total. The van der Waals surface area contributed by atoms with Crippen LogP contribution in [-0.2, 0) is 16.1 Å². The number of hydrogen-bond donors (Lipinski definition) is 0. The second-order valence-electron chi connectivity index (χ2n) is 4.11. The van der Waals surface area contributed by atoms with Gasteiger partial charge >= 0.3 is 0 Å². The third kappa shape index (κ3) is 2.29.